The van der Waals surface area contributed by atoms with Crippen molar-refractivity contribution in [3.05, 3.63) is 24.3 Å². The molecule has 0 aromatic rings. The number of allylic oxidation sites excluding steroid dienone is 3. The zero-order chi connectivity index (χ0) is 10.3. The molecule has 1 heterocycles. The van der Waals surface area contributed by atoms with Crippen LogP contribution in [0.4, 0.5) is 0 Å². The summed E-state index contributed by atoms with van der Waals surface area (Å²) in [6.45, 7) is 2.85. The van der Waals surface area contributed by atoms with E-state index >= 15 is 0 Å². The number of Topliss-reactive ketones (excluding diaryl/α,β-unsaturated/α-hetero) is 1. The highest BCUT2D eigenvalue weighted by molar-refractivity contribution is 5.97. The van der Waals surface area contributed by atoms with Gasteiger partial charge in [-0.3, -0.25) is 4.79 Å². The van der Waals surface area contributed by atoms with Gasteiger partial charge in [-0.1, -0.05) is 31.2 Å². The molecule has 78 valence electrons. The summed E-state index contributed by atoms with van der Waals surface area (Å²) in [5.41, 5.74) is -0.480. The van der Waals surface area contributed by atoms with Gasteiger partial charge in [-0.25, -0.2) is 0 Å². The number of ether oxygens (including phenoxy) is 1. The Labute approximate surface area is 89.0 Å². The molecule has 0 aromatic heterocycles. The first-order valence-corrected chi connectivity index (χ1v) is 5.73. The van der Waals surface area contributed by atoms with E-state index in [0.717, 1.165) is 6.42 Å². The number of epoxide rings is 1. The van der Waals surface area contributed by atoms with Crippen LogP contribution in [0.3, 0.4) is 0 Å². The lowest BCUT2D eigenvalue weighted by Gasteiger charge is -2.51. The van der Waals surface area contributed by atoms with Crippen LogP contribution in [0, 0.1) is 23.2 Å². The van der Waals surface area contributed by atoms with E-state index in [4.69, 9.17) is 4.74 Å². The molecule has 1 spiro atoms. The molecule has 0 N–H and O–H groups in total. The van der Waals surface area contributed by atoms with Crippen molar-refractivity contribution in [2.45, 2.75) is 18.9 Å². The lowest BCUT2D eigenvalue weighted by Crippen LogP contribution is -2.59. The van der Waals surface area contributed by atoms with Crippen LogP contribution in [0.1, 0.15) is 13.3 Å². The Hall–Kier alpha value is -0.890. The van der Waals surface area contributed by atoms with Crippen LogP contribution in [0.25, 0.3) is 0 Å². The second-order valence-corrected chi connectivity index (χ2v) is 5.50. The quantitative estimate of drug-likeness (QED) is 0.442. The zero-order valence-electron chi connectivity index (χ0n) is 8.77. The van der Waals surface area contributed by atoms with Gasteiger partial charge in [-0.2, -0.15) is 0 Å². The van der Waals surface area contributed by atoms with Gasteiger partial charge in [0, 0.05) is 11.3 Å². The van der Waals surface area contributed by atoms with Gasteiger partial charge < -0.3 is 4.74 Å². The van der Waals surface area contributed by atoms with E-state index in [1.54, 1.807) is 0 Å². The van der Waals surface area contributed by atoms with Gasteiger partial charge in [0.25, 0.3) is 0 Å². The highest BCUT2D eigenvalue weighted by Gasteiger charge is 2.73. The lowest BCUT2D eigenvalue weighted by atomic mass is 9.50. The van der Waals surface area contributed by atoms with Crippen LogP contribution in [0.2, 0.25) is 0 Å². The van der Waals surface area contributed by atoms with Crippen LogP contribution in [-0.4, -0.2) is 18.0 Å². The van der Waals surface area contributed by atoms with Crippen molar-refractivity contribution < 1.29 is 9.53 Å². The number of carbonyl (C=O) groups is 1. The lowest BCUT2D eigenvalue weighted by molar-refractivity contribution is -0.141. The van der Waals surface area contributed by atoms with Crippen molar-refractivity contribution in [1.29, 1.82) is 0 Å². The zero-order valence-corrected chi connectivity index (χ0v) is 8.77. The molecule has 5 atom stereocenters. The van der Waals surface area contributed by atoms with Crippen molar-refractivity contribution >= 4 is 5.78 Å². The Kier molecular flexibility index (Phi) is 1.17. The van der Waals surface area contributed by atoms with Gasteiger partial charge >= 0.3 is 0 Å². The summed E-state index contributed by atoms with van der Waals surface area (Å²) >= 11 is 0. The molecule has 0 aromatic carbocycles. The summed E-state index contributed by atoms with van der Waals surface area (Å²) in [6.07, 6.45) is 9.96. The third-order valence-electron chi connectivity index (χ3n) is 5.05. The maximum absolute atomic E-state index is 12.3. The Morgan fingerprint density at radius 1 is 1.47 bits per heavy atom. The number of ketones is 1. The van der Waals surface area contributed by atoms with Crippen LogP contribution >= 0.6 is 0 Å². The van der Waals surface area contributed by atoms with Crippen molar-refractivity contribution in [2.24, 2.45) is 23.2 Å². The van der Waals surface area contributed by atoms with Crippen molar-refractivity contribution in [1.82, 2.24) is 0 Å². The van der Waals surface area contributed by atoms with Crippen molar-refractivity contribution in [2.75, 3.05) is 6.61 Å². The Morgan fingerprint density at radius 3 is 3.00 bits per heavy atom. The molecule has 0 radical (unpaired) electrons. The largest absolute Gasteiger partial charge is 0.360 e. The number of hydrogen-bond acceptors (Lipinski definition) is 2. The molecule has 1 saturated carbocycles. The third kappa shape index (κ3) is 0.671. The maximum atomic E-state index is 12.3. The van der Waals surface area contributed by atoms with Gasteiger partial charge in [0.05, 0.1) is 6.61 Å². The topological polar surface area (TPSA) is 29.6 Å². The van der Waals surface area contributed by atoms with Gasteiger partial charge in [-0.15, -0.1) is 0 Å². The fraction of sp³-hybridized carbons (Fsp3) is 0.615. The molecule has 2 bridgehead atoms. The van der Waals surface area contributed by atoms with Gasteiger partial charge in [-0.05, 0) is 18.3 Å². The van der Waals surface area contributed by atoms with Gasteiger partial charge in [0.2, 0.25) is 0 Å². The Morgan fingerprint density at radius 2 is 2.27 bits per heavy atom. The fourth-order valence-electron chi connectivity index (χ4n) is 4.00. The van der Waals surface area contributed by atoms with E-state index in [0.29, 0.717) is 24.2 Å². The molecule has 5 unspecified atom stereocenters. The minimum absolute atomic E-state index is 0.0486. The fourth-order valence-corrected chi connectivity index (χ4v) is 4.00. The summed E-state index contributed by atoms with van der Waals surface area (Å²) in [4.78, 5) is 12.3. The normalized spacial score (nSPS) is 59.0. The molecule has 2 nitrogen and oxygen atoms in total. The second kappa shape index (κ2) is 2.12. The summed E-state index contributed by atoms with van der Waals surface area (Å²) in [7, 11) is 0. The van der Waals surface area contributed by atoms with E-state index in [1.807, 2.05) is 0 Å². The molecule has 1 aliphatic heterocycles. The molecule has 0 amide bonds. The first-order chi connectivity index (χ1) is 7.19. The van der Waals surface area contributed by atoms with Crippen LogP contribution in [-0.2, 0) is 9.53 Å². The third-order valence-corrected chi connectivity index (χ3v) is 5.05. The molecule has 5 aliphatic rings. The molecular weight excluding hydrogens is 188 g/mol. The minimum Gasteiger partial charge on any atom is -0.360 e. The highest BCUT2D eigenvalue weighted by atomic mass is 16.6. The number of rotatable bonds is 0. The molecule has 15 heavy (non-hydrogen) atoms. The Balaban J connectivity index is 1.95. The summed E-state index contributed by atoms with van der Waals surface area (Å²) < 4.78 is 5.57. The molecule has 2 fully saturated rings. The standard InChI is InChI=1S/C13H14O2/c1-12-6-5-9(8-3-2-4-10(8)12)11(14)13(12)7-15-13/h2-3,5-6,8-10H,4,7H2,1H3. The summed E-state index contributed by atoms with van der Waals surface area (Å²) in [5, 5.41) is 0. The number of hydrogen-bond donors (Lipinski definition) is 0. The van der Waals surface area contributed by atoms with Crippen molar-refractivity contribution in [3.8, 4) is 0 Å². The number of carbonyl (C=O) groups excluding carboxylic acids is 1. The molecule has 1 saturated heterocycles. The van der Waals surface area contributed by atoms with Crippen LogP contribution in [0.15, 0.2) is 24.3 Å². The highest BCUT2D eigenvalue weighted by Crippen LogP contribution is 2.64. The van der Waals surface area contributed by atoms with Crippen LogP contribution in [0.5, 0.6) is 0 Å². The molecule has 2 heteroatoms. The average molecular weight is 202 g/mol. The first-order valence-electron chi connectivity index (χ1n) is 5.73. The molecular formula is C13H14O2. The summed E-state index contributed by atoms with van der Waals surface area (Å²) in [5.74, 6) is 1.47. The maximum Gasteiger partial charge on any atom is 0.175 e. The minimum atomic E-state index is -0.431. The smallest absolute Gasteiger partial charge is 0.175 e. The molecule has 5 rings (SSSR count). The van der Waals surface area contributed by atoms with Gasteiger partial charge in [0.15, 0.2) is 11.4 Å². The van der Waals surface area contributed by atoms with E-state index in [-0.39, 0.29) is 11.3 Å². The van der Waals surface area contributed by atoms with Crippen LogP contribution < -0.4 is 0 Å². The van der Waals surface area contributed by atoms with E-state index in [1.165, 1.54) is 0 Å². The first kappa shape index (κ1) is 8.28. The second-order valence-electron chi connectivity index (χ2n) is 5.50. The van der Waals surface area contributed by atoms with Gasteiger partial charge in [0.1, 0.15) is 0 Å². The van der Waals surface area contributed by atoms with E-state index in [9.17, 15) is 4.79 Å². The molecule has 4 aliphatic carbocycles. The Bertz CT molecular complexity index is 416. The van der Waals surface area contributed by atoms with E-state index in [2.05, 4.69) is 31.2 Å². The predicted octanol–water partition coefficient (Wildman–Crippen LogP) is 1.72. The van der Waals surface area contributed by atoms with E-state index < -0.39 is 5.60 Å². The van der Waals surface area contributed by atoms with Crippen molar-refractivity contribution in [3.63, 3.8) is 0 Å². The monoisotopic (exact) mass is 202 g/mol. The average Bonchev–Trinajstić information content (AvgIpc) is 2.87. The summed E-state index contributed by atoms with van der Waals surface area (Å²) in [6, 6.07) is 0. The SMILES string of the molecule is CC12C=CC(C(=O)C13CO3)C1C=CCC12. The predicted molar refractivity (Wildman–Crippen MR) is 55.2 cm³/mol.